The van der Waals surface area contributed by atoms with Crippen molar-refractivity contribution < 1.29 is 0 Å². The molecule has 0 aliphatic heterocycles. The van der Waals surface area contributed by atoms with Gasteiger partial charge in [0.25, 0.3) is 0 Å². The van der Waals surface area contributed by atoms with E-state index >= 15 is 0 Å². The van der Waals surface area contributed by atoms with Gasteiger partial charge < -0.3 is 15.2 Å². The Morgan fingerprint density at radius 1 is 1.10 bits per heavy atom. The molecule has 0 aliphatic carbocycles. The van der Waals surface area contributed by atoms with Crippen LogP contribution in [0.3, 0.4) is 0 Å². The predicted octanol–water partition coefficient (Wildman–Crippen LogP) is 3.21. The normalized spacial score (nSPS) is 11.7. The molecule has 4 rings (SSSR count). The van der Waals surface area contributed by atoms with Gasteiger partial charge in [-0.15, -0.1) is 21.5 Å². The van der Waals surface area contributed by atoms with Crippen LogP contribution in [0.2, 0.25) is 0 Å². The van der Waals surface area contributed by atoms with Gasteiger partial charge in [0.1, 0.15) is 5.82 Å². The molecule has 3 aromatic heterocycles. The van der Waals surface area contributed by atoms with E-state index in [1.54, 1.807) is 11.3 Å². The number of fused-ring (bicyclic) bond motifs is 1. The van der Waals surface area contributed by atoms with Gasteiger partial charge in [-0.2, -0.15) is 0 Å². The maximum Gasteiger partial charge on any atom is 0.191 e. The molecular weight excluding hydrogens is 394 g/mol. The number of pyridine rings is 1. The van der Waals surface area contributed by atoms with Crippen LogP contribution in [0.15, 0.2) is 59.0 Å². The van der Waals surface area contributed by atoms with Crippen molar-refractivity contribution in [2.24, 2.45) is 12.0 Å². The minimum atomic E-state index is 0.555. The summed E-state index contributed by atoms with van der Waals surface area (Å²) < 4.78 is 1.98. The lowest BCUT2D eigenvalue weighted by Gasteiger charge is -2.13. The second kappa shape index (κ2) is 9.49. The number of nitrogens with zero attached hydrogens (tertiary/aromatic N) is 5. The molecule has 0 fully saturated rings. The van der Waals surface area contributed by atoms with Crippen LogP contribution in [0, 0.1) is 6.92 Å². The van der Waals surface area contributed by atoms with Gasteiger partial charge in [-0.05, 0) is 42.5 Å². The Bertz CT molecular complexity index is 1130. The largest absolute Gasteiger partial charge is 0.356 e. The van der Waals surface area contributed by atoms with E-state index in [1.807, 2.05) is 49.0 Å². The van der Waals surface area contributed by atoms with Gasteiger partial charge in [0.05, 0.1) is 18.6 Å². The van der Waals surface area contributed by atoms with Gasteiger partial charge in [-0.1, -0.05) is 24.3 Å². The quantitative estimate of drug-likeness (QED) is 0.355. The molecule has 7 nitrogen and oxygen atoms in total. The number of benzene rings is 1. The summed E-state index contributed by atoms with van der Waals surface area (Å²) in [5.41, 5.74) is 2.13. The Morgan fingerprint density at radius 3 is 2.80 bits per heavy atom. The monoisotopic (exact) mass is 419 g/mol. The molecule has 0 saturated carbocycles. The number of hydrogen-bond acceptors (Lipinski definition) is 5. The van der Waals surface area contributed by atoms with Crippen LogP contribution in [0.4, 0.5) is 0 Å². The zero-order valence-corrected chi connectivity index (χ0v) is 18.0. The van der Waals surface area contributed by atoms with Gasteiger partial charge in [0.15, 0.2) is 11.8 Å². The zero-order valence-electron chi connectivity index (χ0n) is 17.2. The number of para-hydroxylation sites is 1. The van der Waals surface area contributed by atoms with Crippen molar-refractivity contribution in [3.8, 4) is 0 Å². The van der Waals surface area contributed by atoms with Crippen LogP contribution in [0.1, 0.15) is 22.1 Å². The molecule has 0 radical (unpaired) electrons. The molecule has 1 aromatic carbocycles. The number of aliphatic imine (C=N–C) groups is 1. The van der Waals surface area contributed by atoms with Gasteiger partial charge in [-0.25, -0.2) is 4.99 Å². The van der Waals surface area contributed by atoms with Crippen LogP contribution in [0.5, 0.6) is 0 Å². The van der Waals surface area contributed by atoms with E-state index in [0.29, 0.717) is 13.1 Å². The molecule has 8 heteroatoms. The van der Waals surface area contributed by atoms with E-state index in [2.05, 4.69) is 49.4 Å². The lowest BCUT2D eigenvalue weighted by atomic mass is 10.1. The highest BCUT2D eigenvalue weighted by atomic mass is 32.1. The summed E-state index contributed by atoms with van der Waals surface area (Å²) in [6.07, 6.45) is 2.80. The van der Waals surface area contributed by atoms with E-state index in [1.165, 1.54) is 4.88 Å². The topological polar surface area (TPSA) is 80.0 Å². The fourth-order valence-electron chi connectivity index (χ4n) is 3.16. The average Bonchev–Trinajstić information content (AvgIpc) is 3.40. The van der Waals surface area contributed by atoms with Gasteiger partial charge in [0, 0.05) is 30.1 Å². The second-order valence-electron chi connectivity index (χ2n) is 6.98. The summed E-state index contributed by atoms with van der Waals surface area (Å²) in [6, 6.07) is 14.4. The Labute approximate surface area is 179 Å². The molecule has 0 bridgehead atoms. The third-order valence-corrected chi connectivity index (χ3v) is 5.92. The van der Waals surface area contributed by atoms with Crippen molar-refractivity contribution in [3.05, 3.63) is 76.1 Å². The van der Waals surface area contributed by atoms with E-state index < -0.39 is 0 Å². The summed E-state index contributed by atoms with van der Waals surface area (Å²) in [5.74, 6) is 2.52. The lowest BCUT2D eigenvalue weighted by Crippen LogP contribution is -2.38. The average molecular weight is 420 g/mol. The summed E-state index contributed by atoms with van der Waals surface area (Å²) in [7, 11) is 1.97. The van der Waals surface area contributed by atoms with Gasteiger partial charge >= 0.3 is 0 Å². The van der Waals surface area contributed by atoms with E-state index in [9.17, 15) is 0 Å². The van der Waals surface area contributed by atoms with Crippen molar-refractivity contribution in [1.29, 1.82) is 0 Å². The molecule has 0 aliphatic rings. The Hall–Kier alpha value is -3.26. The predicted molar refractivity (Wildman–Crippen MR) is 121 cm³/mol. The van der Waals surface area contributed by atoms with Crippen LogP contribution in [0.25, 0.3) is 10.9 Å². The fraction of sp³-hybridized carbons (Fsp3) is 0.273. The molecule has 0 saturated heterocycles. The first-order valence-corrected chi connectivity index (χ1v) is 10.8. The molecule has 0 unspecified atom stereocenters. The summed E-state index contributed by atoms with van der Waals surface area (Å²) >= 11 is 1.77. The molecule has 0 amide bonds. The Balaban J connectivity index is 1.48. The number of nitrogens with one attached hydrogen (secondary N) is 2. The number of aromatic nitrogens is 4. The Kier molecular flexibility index (Phi) is 6.34. The van der Waals surface area contributed by atoms with E-state index in [-0.39, 0.29) is 0 Å². The van der Waals surface area contributed by atoms with Crippen LogP contribution in [-0.2, 0) is 26.6 Å². The van der Waals surface area contributed by atoms with Crippen molar-refractivity contribution in [1.82, 2.24) is 30.4 Å². The molecule has 154 valence electrons. The van der Waals surface area contributed by atoms with Crippen molar-refractivity contribution in [2.75, 3.05) is 6.54 Å². The third-order valence-electron chi connectivity index (χ3n) is 4.99. The van der Waals surface area contributed by atoms with E-state index in [4.69, 9.17) is 4.99 Å². The maximum atomic E-state index is 4.83. The molecule has 4 aromatic rings. The fourth-order valence-corrected chi connectivity index (χ4v) is 3.87. The summed E-state index contributed by atoms with van der Waals surface area (Å²) in [5, 5.41) is 18.4. The number of aryl methyl sites for hydroxylation is 1. The van der Waals surface area contributed by atoms with Crippen molar-refractivity contribution in [2.45, 2.75) is 26.4 Å². The minimum absolute atomic E-state index is 0.555. The van der Waals surface area contributed by atoms with Crippen LogP contribution in [-0.4, -0.2) is 32.3 Å². The highest BCUT2D eigenvalue weighted by Gasteiger charge is 2.07. The number of guanidine groups is 1. The minimum Gasteiger partial charge on any atom is -0.356 e. The molecule has 2 N–H and O–H groups in total. The van der Waals surface area contributed by atoms with Crippen LogP contribution < -0.4 is 10.6 Å². The van der Waals surface area contributed by atoms with E-state index in [0.717, 1.165) is 47.0 Å². The second-order valence-corrected chi connectivity index (χ2v) is 8.02. The third kappa shape index (κ3) is 4.83. The summed E-state index contributed by atoms with van der Waals surface area (Å²) in [4.78, 5) is 10.6. The molecule has 30 heavy (non-hydrogen) atoms. The van der Waals surface area contributed by atoms with Crippen molar-refractivity contribution >= 4 is 28.2 Å². The summed E-state index contributed by atoms with van der Waals surface area (Å²) in [6.45, 7) is 3.87. The molecule has 0 atom stereocenters. The number of thiophene rings is 1. The standard InChI is InChI=1S/C22H25N7S/c1-16-27-28-21(29(16)2)15-26-22(24-12-10-18-6-5-13-30-18)25-14-17-9-11-23-20-8-4-3-7-19(17)20/h3-9,11,13H,10,12,14-15H2,1-2H3,(H2,24,25,26). The first kappa shape index (κ1) is 20.0. The Morgan fingerprint density at radius 2 is 2.00 bits per heavy atom. The maximum absolute atomic E-state index is 4.83. The van der Waals surface area contributed by atoms with Crippen molar-refractivity contribution in [3.63, 3.8) is 0 Å². The van der Waals surface area contributed by atoms with Gasteiger partial charge in [-0.3, -0.25) is 4.98 Å². The van der Waals surface area contributed by atoms with Crippen LogP contribution >= 0.6 is 11.3 Å². The molecule has 3 heterocycles. The first-order valence-electron chi connectivity index (χ1n) is 9.93. The van der Waals surface area contributed by atoms with Gasteiger partial charge in [0.2, 0.25) is 0 Å². The number of rotatable bonds is 7. The highest BCUT2D eigenvalue weighted by Crippen LogP contribution is 2.16. The lowest BCUT2D eigenvalue weighted by molar-refractivity contribution is 0.713. The number of hydrogen-bond donors (Lipinski definition) is 2. The highest BCUT2D eigenvalue weighted by molar-refractivity contribution is 7.09. The molecule has 0 spiro atoms. The zero-order chi connectivity index (χ0) is 20.8. The SMILES string of the molecule is Cc1nnc(CNC(=NCc2ccnc3ccccc23)NCCc2cccs2)n1C. The first-order chi connectivity index (χ1) is 14.7. The smallest absolute Gasteiger partial charge is 0.191 e. The molecular formula is C22H25N7S.